The van der Waals surface area contributed by atoms with Gasteiger partial charge >= 0.3 is 0 Å². The molecular weight excluding hydrogens is 342 g/mol. The van der Waals surface area contributed by atoms with Crippen LogP contribution in [0.2, 0.25) is 0 Å². The van der Waals surface area contributed by atoms with E-state index in [1.54, 1.807) is 0 Å². The van der Waals surface area contributed by atoms with Gasteiger partial charge < -0.3 is 50.2 Å². The molecule has 2 saturated heterocycles. The summed E-state index contributed by atoms with van der Waals surface area (Å²) in [5.41, 5.74) is 0. The second-order valence-electron chi connectivity index (χ2n) is 6.15. The summed E-state index contributed by atoms with van der Waals surface area (Å²) in [6, 6.07) is -0.810. The number of ether oxygens (including phenoxy) is 3. The van der Waals surface area contributed by atoms with Gasteiger partial charge in [-0.25, -0.2) is 0 Å². The van der Waals surface area contributed by atoms with Crippen LogP contribution in [0.4, 0.5) is 0 Å². The number of carbonyl (C=O) groups is 1. The average molecular weight is 367 g/mol. The minimum Gasteiger partial charge on any atom is -0.394 e. The van der Waals surface area contributed by atoms with Crippen LogP contribution in [0.1, 0.15) is 6.92 Å². The van der Waals surface area contributed by atoms with Crippen molar-refractivity contribution in [2.24, 2.45) is 0 Å². The van der Waals surface area contributed by atoms with Crippen molar-refractivity contribution in [1.82, 2.24) is 5.32 Å². The monoisotopic (exact) mass is 367 g/mol. The quantitative estimate of drug-likeness (QED) is 0.250. The minimum atomic E-state index is -1.66. The Morgan fingerprint density at radius 1 is 1.04 bits per heavy atom. The highest BCUT2D eigenvalue weighted by molar-refractivity contribution is 5.73. The molecule has 2 aliphatic rings. The average Bonchev–Trinajstić information content (AvgIpc) is 2.58. The number of hydrogen-bond donors (Lipinski definition) is 7. The van der Waals surface area contributed by atoms with Crippen LogP contribution in [0.25, 0.3) is 0 Å². The molecule has 25 heavy (non-hydrogen) atoms. The Hall–Kier alpha value is -0.890. The first-order chi connectivity index (χ1) is 11.8. The van der Waals surface area contributed by atoms with E-state index in [9.17, 15) is 35.4 Å². The fourth-order valence-corrected chi connectivity index (χ4v) is 2.92. The number of aliphatic hydroxyl groups excluding tert-OH is 6. The van der Waals surface area contributed by atoms with Crippen LogP contribution in [0, 0.1) is 0 Å². The van der Waals surface area contributed by atoms with Gasteiger partial charge in [-0.3, -0.25) is 4.79 Å². The van der Waals surface area contributed by atoms with Gasteiger partial charge in [0.25, 0.3) is 0 Å². The van der Waals surface area contributed by atoms with E-state index in [1.807, 2.05) is 0 Å². The molecule has 0 spiro atoms. The van der Waals surface area contributed by atoms with Crippen molar-refractivity contribution in [3.8, 4) is 0 Å². The molecule has 0 aromatic heterocycles. The van der Waals surface area contributed by atoms with Gasteiger partial charge in [0.15, 0.2) is 6.29 Å². The van der Waals surface area contributed by atoms with Crippen LogP contribution in [0.15, 0.2) is 0 Å². The molecule has 1 amide bonds. The molecular formula is C14H25NO10. The Kier molecular flexibility index (Phi) is 7.08. The summed E-state index contributed by atoms with van der Waals surface area (Å²) in [6.07, 6.45) is -11.0. The zero-order valence-corrected chi connectivity index (χ0v) is 13.6. The molecule has 9 atom stereocenters. The summed E-state index contributed by atoms with van der Waals surface area (Å²) in [5.74, 6) is -0.401. The third kappa shape index (κ3) is 4.45. The van der Waals surface area contributed by atoms with E-state index < -0.39 is 74.2 Å². The van der Waals surface area contributed by atoms with Gasteiger partial charge in [-0.05, 0) is 0 Å². The largest absolute Gasteiger partial charge is 0.394 e. The van der Waals surface area contributed by atoms with Crippen molar-refractivity contribution >= 4 is 5.91 Å². The predicted octanol–water partition coefficient (Wildman–Crippen LogP) is -4.57. The van der Waals surface area contributed by atoms with Crippen LogP contribution in [-0.2, 0) is 19.0 Å². The zero-order valence-electron chi connectivity index (χ0n) is 13.6. The van der Waals surface area contributed by atoms with E-state index in [1.165, 1.54) is 6.92 Å². The Morgan fingerprint density at radius 3 is 2.24 bits per heavy atom. The molecule has 0 aromatic rings. The van der Waals surface area contributed by atoms with Crippen molar-refractivity contribution in [3.63, 3.8) is 0 Å². The number of aliphatic hydroxyl groups is 6. The van der Waals surface area contributed by atoms with Crippen LogP contribution < -0.4 is 5.32 Å². The molecule has 2 aliphatic heterocycles. The van der Waals surface area contributed by atoms with Crippen molar-refractivity contribution in [2.75, 3.05) is 19.8 Å². The third-order valence-electron chi connectivity index (χ3n) is 4.31. The molecule has 0 unspecified atom stereocenters. The Labute approximate surface area is 143 Å². The smallest absolute Gasteiger partial charge is 0.217 e. The van der Waals surface area contributed by atoms with Gasteiger partial charge in [0.2, 0.25) is 5.91 Å². The number of carbonyl (C=O) groups excluding carboxylic acids is 1. The molecule has 2 rings (SSSR count). The van der Waals surface area contributed by atoms with Crippen molar-refractivity contribution in [1.29, 1.82) is 0 Å². The minimum absolute atomic E-state index is 0.0550. The zero-order chi connectivity index (χ0) is 18.7. The van der Waals surface area contributed by atoms with Gasteiger partial charge in [0, 0.05) is 6.92 Å². The van der Waals surface area contributed by atoms with Crippen LogP contribution in [0.5, 0.6) is 0 Å². The standard InChI is InChI=1S/C14H25NO10/c1-5(18)15-6-4-23-8(3-17)13(9(6)19)25-14-12(22)11(21)10(20)7(2-16)24-14/h6-14,16-17,19-22H,2-4H2,1H3,(H,15,18)/t6-,7+,8+,9+,10+,11-,12-,13+,14+/m0/s1. The van der Waals surface area contributed by atoms with Gasteiger partial charge in [0.1, 0.15) is 42.7 Å². The van der Waals surface area contributed by atoms with E-state index in [-0.39, 0.29) is 6.61 Å². The second kappa shape index (κ2) is 8.66. The topological polar surface area (TPSA) is 178 Å². The molecule has 11 nitrogen and oxygen atoms in total. The van der Waals surface area contributed by atoms with Crippen LogP contribution in [0.3, 0.4) is 0 Å². The maximum atomic E-state index is 11.2. The van der Waals surface area contributed by atoms with Gasteiger partial charge in [-0.15, -0.1) is 0 Å². The maximum Gasteiger partial charge on any atom is 0.217 e. The van der Waals surface area contributed by atoms with Crippen LogP contribution >= 0.6 is 0 Å². The summed E-state index contributed by atoms with van der Waals surface area (Å²) < 4.78 is 16.1. The summed E-state index contributed by atoms with van der Waals surface area (Å²) in [4.78, 5) is 11.2. The highest BCUT2D eigenvalue weighted by atomic mass is 16.7. The number of hydrogen-bond acceptors (Lipinski definition) is 10. The first kappa shape index (κ1) is 20.4. The van der Waals surface area contributed by atoms with Crippen molar-refractivity contribution in [2.45, 2.75) is 62.0 Å². The molecule has 0 aromatic carbocycles. The number of nitrogens with one attached hydrogen (secondary N) is 1. The molecule has 146 valence electrons. The molecule has 0 bridgehead atoms. The van der Waals surface area contributed by atoms with E-state index in [0.29, 0.717) is 0 Å². The lowest BCUT2D eigenvalue weighted by atomic mass is 9.96. The lowest BCUT2D eigenvalue weighted by molar-refractivity contribution is -0.332. The van der Waals surface area contributed by atoms with E-state index in [2.05, 4.69) is 5.32 Å². The second-order valence-corrected chi connectivity index (χ2v) is 6.15. The normalized spacial score (nSPS) is 45.2. The molecule has 11 heteroatoms. The summed E-state index contributed by atoms with van der Waals surface area (Å²) in [6.45, 7) is 0.0667. The third-order valence-corrected chi connectivity index (χ3v) is 4.31. The lowest BCUT2D eigenvalue weighted by Gasteiger charge is -2.45. The van der Waals surface area contributed by atoms with E-state index in [4.69, 9.17) is 14.2 Å². The highest BCUT2D eigenvalue weighted by Gasteiger charge is 2.48. The van der Waals surface area contributed by atoms with Gasteiger partial charge in [-0.1, -0.05) is 0 Å². The Balaban J connectivity index is 2.12. The highest BCUT2D eigenvalue weighted by Crippen LogP contribution is 2.27. The van der Waals surface area contributed by atoms with E-state index >= 15 is 0 Å². The molecule has 0 radical (unpaired) electrons. The summed E-state index contributed by atoms with van der Waals surface area (Å²) >= 11 is 0. The number of rotatable bonds is 5. The Morgan fingerprint density at radius 2 is 1.68 bits per heavy atom. The number of amides is 1. The maximum absolute atomic E-state index is 11.2. The molecule has 2 fully saturated rings. The van der Waals surface area contributed by atoms with Gasteiger partial charge in [0.05, 0.1) is 25.9 Å². The fourth-order valence-electron chi connectivity index (χ4n) is 2.92. The fraction of sp³-hybridized carbons (Fsp3) is 0.929. The molecule has 0 aliphatic carbocycles. The van der Waals surface area contributed by atoms with E-state index in [0.717, 1.165) is 0 Å². The first-order valence-electron chi connectivity index (χ1n) is 7.93. The lowest BCUT2D eigenvalue weighted by Crippen LogP contribution is -2.64. The molecule has 0 saturated carbocycles. The van der Waals surface area contributed by atoms with Crippen molar-refractivity contribution < 1.29 is 49.6 Å². The molecule has 2 heterocycles. The molecule has 7 N–H and O–H groups in total. The predicted molar refractivity (Wildman–Crippen MR) is 79.1 cm³/mol. The summed E-state index contributed by atoms with van der Waals surface area (Å²) in [5, 5.41) is 61.0. The van der Waals surface area contributed by atoms with Gasteiger partial charge in [-0.2, -0.15) is 0 Å². The van der Waals surface area contributed by atoms with Crippen molar-refractivity contribution in [3.05, 3.63) is 0 Å². The SMILES string of the molecule is CC(=O)N[C@H]1CO[C@H](CO)[C@@H](O[C@H]2O[C@H](CO)[C@@H](O)[C@H](O)[C@@H]2O)[C@@H]1O. The van der Waals surface area contributed by atoms with Crippen LogP contribution in [-0.4, -0.2) is 111 Å². The first-order valence-corrected chi connectivity index (χ1v) is 7.93. The summed E-state index contributed by atoms with van der Waals surface area (Å²) in [7, 11) is 0. The Bertz CT molecular complexity index is 449.